The Labute approximate surface area is 155 Å². The Balaban J connectivity index is 1.14. The van der Waals surface area contributed by atoms with Crippen LogP contribution in [-0.4, -0.2) is 61.3 Å². The van der Waals surface area contributed by atoms with Crippen LogP contribution in [-0.2, 0) is 4.74 Å². The van der Waals surface area contributed by atoms with E-state index in [4.69, 9.17) is 4.74 Å². The molecule has 2 saturated carbocycles. The molecule has 0 bridgehead atoms. The number of nitrogens with zero attached hydrogens (tertiary/aromatic N) is 2. The summed E-state index contributed by atoms with van der Waals surface area (Å²) in [7, 11) is 0. The first-order valence-corrected chi connectivity index (χ1v) is 11.2. The molecule has 0 amide bonds. The average Bonchev–Trinajstić information content (AvgIpc) is 3.35. The largest absolute Gasteiger partial charge is 0.375 e. The lowest BCUT2D eigenvalue weighted by Crippen LogP contribution is -2.51. The maximum absolute atomic E-state index is 6.51. The Bertz CT molecular complexity index is 423. The molecule has 4 fully saturated rings. The van der Waals surface area contributed by atoms with Gasteiger partial charge in [0.2, 0.25) is 0 Å². The highest BCUT2D eigenvalue weighted by Crippen LogP contribution is 2.52. The molecular formula is C22H40N2O. The molecule has 0 unspecified atom stereocenters. The summed E-state index contributed by atoms with van der Waals surface area (Å²) in [5.41, 5.74) is 1.38. The predicted octanol–water partition coefficient (Wildman–Crippen LogP) is 4.31. The van der Waals surface area contributed by atoms with Crippen LogP contribution in [0.3, 0.4) is 0 Å². The summed E-state index contributed by atoms with van der Waals surface area (Å²) in [6.07, 6.45) is 15.0. The topological polar surface area (TPSA) is 15.7 Å². The zero-order chi connectivity index (χ0) is 17.3. The molecule has 4 rings (SSSR count). The second-order valence-electron chi connectivity index (χ2n) is 9.83. The lowest BCUT2D eigenvalue weighted by molar-refractivity contribution is -0.141. The van der Waals surface area contributed by atoms with Crippen LogP contribution in [0.15, 0.2) is 0 Å². The van der Waals surface area contributed by atoms with Gasteiger partial charge in [-0.25, -0.2) is 0 Å². The number of hydrogen-bond donors (Lipinski definition) is 0. The zero-order valence-corrected chi connectivity index (χ0v) is 16.8. The molecule has 0 aromatic rings. The first-order valence-electron chi connectivity index (χ1n) is 11.2. The maximum atomic E-state index is 6.51. The van der Waals surface area contributed by atoms with Gasteiger partial charge in [-0.15, -0.1) is 0 Å². The minimum atomic E-state index is 0.552. The van der Waals surface area contributed by atoms with Gasteiger partial charge >= 0.3 is 0 Å². The summed E-state index contributed by atoms with van der Waals surface area (Å²) in [5.74, 6) is 0. The van der Waals surface area contributed by atoms with Crippen LogP contribution in [0.4, 0.5) is 0 Å². The monoisotopic (exact) mass is 348 g/mol. The van der Waals surface area contributed by atoms with Crippen LogP contribution < -0.4 is 0 Å². The fourth-order valence-electron chi connectivity index (χ4n) is 5.90. The Morgan fingerprint density at radius 2 is 1.52 bits per heavy atom. The standard InChI is InChI=1S/C22H40N2O/c1-3-7-21(8-9-21)18-24-12-5-19(6-13-24)25-20-16-22(17-20)10-14-23(4-2)15-11-22/h19-20H,3-18H2,1-2H3. The van der Waals surface area contributed by atoms with Crippen molar-refractivity contribution in [1.82, 2.24) is 9.80 Å². The molecule has 0 N–H and O–H groups in total. The summed E-state index contributed by atoms with van der Waals surface area (Å²) < 4.78 is 6.51. The molecule has 2 aliphatic heterocycles. The molecule has 0 radical (unpaired) electrons. The van der Waals surface area contributed by atoms with Crippen molar-refractivity contribution in [3.63, 3.8) is 0 Å². The third-order valence-corrected chi connectivity index (χ3v) is 7.90. The molecule has 144 valence electrons. The SMILES string of the molecule is CCCC1(CN2CCC(OC3CC4(CCN(CC)CC4)C3)CC2)CC1. The first kappa shape index (κ1) is 18.3. The second-order valence-corrected chi connectivity index (χ2v) is 9.83. The van der Waals surface area contributed by atoms with E-state index < -0.39 is 0 Å². The molecule has 0 aromatic carbocycles. The van der Waals surface area contributed by atoms with Gasteiger partial charge in [0.1, 0.15) is 0 Å². The molecule has 4 aliphatic rings. The van der Waals surface area contributed by atoms with Gasteiger partial charge in [-0.3, -0.25) is 0 Å². The zero-order valence-electron chi connectivity index (χ0n) is 16.8. The fraction of sp³-hybridized carbons (Fsp3) is 1.00. The van der Waals surface area contributed by atoms with E-state index in [2.05, 4.69) is 23.6 Å². The van der Waals surface area contributed by atoms with Crippen LogP contribution >= 0.6 is 0 Å². The van der Waals surface area contributed by atoms with Crippen molar-refractivity contribution in [2.24, 2.45) is 10.8 Å². The van der Waals surface area contributed by atoms with Crippen LogP contribution in [0.5, 0.6) is 0 Å². The molecule has 3 nitrogen and oxygen atoms in total. The second kappa shape index (κ2) is 7.48. The first-order chi connectivity index (χ1) is 12.1. The summed E-state index contributed by atoms with van der Waals surface area (Å²) >= 11 is 0. The van der Waals surface area contributed by atoms with E-state index >= 15 is 0 Å². The molecule has 1 spiro atoms. The van der Waals surface area contributed by atoms with Crippen LogP contribution in [0.1, 0.15) is 78.1 Å². The van der Waals surface area contributed by atoms with Gasteiger partial charge in [0.25, 0.3) is 0 Å². The summed E-state index contributed by atoms with van der Waals surface area (Å²) in [6, 6.07) is 0. The minimum Gasteiger partial charge on any atom is -0.375 e. The Kier molecular flexibility index (Phi) is 5.46. The highest BCUT2D eigenvalue weighted by Gasteiger charge is 2.47. The van der Waals surface area contributed by atoms with Crippen molar-refractivity contribution < 1.29 is 4.74 Å². The van der Waals surface area contributed by atoms with Gasteiger partial charge in [0, 0.05) is 19.6 Å². The third kappa shape index (κ3) is 4.25. The maximum Gasteiger partial charge on any atom is 0.0603 e. The van der Waals surface area contributed by atoms with E-state index in [1.807, 2.05) is 0 Å². The molecule has 2 saturated heterocycles. The molecule has 0 aromatic heterocycles. The van der Waals surface area contributed by atoms with Gasteiger partial charge in [-0.05, 0) is 88.3 Å². The van der Waals surface area contributed by atoms with Crippen LogP contribution in [0.2, 0.25) is 0 Å². The lowest BCUT2D eigenvalue weighted by Gasteiger charge is -2.53. The van der Waals surface area contributed by atoms with Gasteiger partial charge < -0.3 is 14.5 Å². The van der Waals surface area contributed by atoms with Crippen LogP contribution in [0, 0.1) is 10.8 Å². The number of piperidine rings is 2. The van der Waals surface area contributed by atoms with E-state index in [1.165, 1.54) is 103 Å². The van der Waals surface area contributed by atoms with Crippen molar-refractivity contribution >= 4 is 0 Å². The van der Waals surface area contributed by atoms with E-state index in [-0.39, 0.29) is 0 Å². The van der Waals surface area contributed by atoms with Gasteiger partial charge in [0.05, 0.1) is 12.2 Å². The smallest absolute Gasteiger partial charge is 0.0603 e. The highest BCUT2D eigenvalue weighted by molar-refractivity contribution is 4.99. The fourth-order valence-corrected chi connectivity index (χ4v) is 5.90. The molecule has 25 heavy (non-hydrogen) atoms. The average molecular weight is 349 g/mol. The van der Waals surface area contributed by atoms with E-state index in [0.717, 1.165) is 5.41 Å². The van der Waals surface area contributed by atoms with Gasteiger partial charge in [-0.2, -0.15) is 0 Å². The normalized spacial score (nSPS) is 30.5. The Morgan fingerprint density at radius 1 is 0.840 bits per heavy atom. The molecule has 2 heterocycles. The molecule has 3 heteroatoms. The summed E-state index contributed by atoms with van der Waals surface area (Å²) in [6.45, 7) is 12.4. The van der Waals surface area contributed by atoms with Crippen molar-refractivity contribution in [3.05, 3.63) is 0 Å². The van der Waals surface area contributed by atoms with Crippen LogP contribution in [0.25, 0.3) is 0 Å². The molecular weight excluding hydrogens is 308 g/mol. The third-order valence-electron chi connectivity index (χ3n) is 7.90. The van der Waals surface area contributed by atoms with Crippen molar-refractivity contribution in [1.29, 1.82) is 0 Å². The van der Waals surface area contributed by atoms with Crippen molar-refractivity contribution in [3.8, 4) is 0 Å². The van der Waals surface area contributed by atoms with Gasteiger partial charge in [0.15, 0.2) is 0 Å². The Hall–Kier alpha value is -0.120. The van der Waals surface area contributed by atoms with E-state index in [0.29, 0.717) is 17.6 Å². The highest BCUT2D eigenvalue weighted by atomic mass is 16.5. The number of ether oxygens (including phenoxy) is 1. The number of rotatable bonds is 7. The lowest BCUT2D eigenvalue weighted by atomic mass is 9.61. The quantitative estimate of drug-likeness (QED) is 0.682. The summed E-state index contributed by atoms with van der Waals surface area (Å²) in [5, 5.41) is 0. The van der Waals surface area contributed by atoms with Gasteiger partial charge in [-0.1, -0.05) is 20.3 Å². The number of likely N-dealkylation sites (tertiary alicyclic amines) is 2. The van der Waals surface area contributed by atoms with Crippen molar-refractivity contribution in [2.45, 2.75) is 90.3 Å². The predicted molar refractivity (Wildman–Crippen MR) is 104 cm³/mol. The number of hydrogen-bond acceptors (Lipinski definition) is 3. The minimum absolute atomic E-state index is 0.552. The summed E-state index contributed by atoms with van der Waals surface area (Å²) in [4.78, 5) is 5.35. The van der Waals surface area contributed by atoms with Crippen molar-refractivity contribution in [2.75, 3.05) is 39.3 Å². The Morgan fingerprint density at radius 3 is 2.08 bits per heavy atom. The van der Waals surface area contributed by atoms with E-state index in [9.17, 15) is 0 Å². The molecule has 2 aliphatic carbocycles. The van der Waals surface area contributed by atoms with E-state index in [1.54, 1.807) is 0 Å². The molecule has 0 atom stereocenters.